The van der Waals surface area contributed by atoms with E-state index >= 15 is 0 Å². The minimum Gasteiger partial charge on any atom is -0.373 e. The van der Waals surface area contributed by atoms with E-state index in [1.165, 1.54) is 12.3 Å². The fraction of sp³-hybridized carbons (Fsp3) is 0.0769. The molecule has 7 nitrogen and oxygen atoms in total. The van der Waals surface area contributed by atoms with Crippen LogP contribution in [0.1, 0.15) is 10.4 Å². The van der Waals surface area contributed by atoms with E-state index in [1.54, 1.807) is 13.1 Å². The highest BCUT2D eigenvalue weighted by Gasteiger charge is 2.14. The highest BCUT2D eigenvalue weighted by molar-refractivity contribution is 6.04. The topological polar surface area (TPSA) is 97.2 Å². The molecule has 0 atom stereocenters. The van der Waals surface area contributed by atoms with Gasteiger partial charge in [-0.2, -0.15) is 0 Å². The molecule has 0 aliphatic rings. The summed E-state index contributed by atoms with van der Waals surface area (Å²) in [5, 5.41) is 15.7. The standard InChI is InChI=1S/C13H11FN4O3/c1-15-12-5-2-8(7-16-12)13(19)17-11-6-9(18(20)21)3-4-10(11)14/h2-7H,1H3,(H,15,16)(H,17,19). The van der Waals surface area contributed by atoms with E-state index in [1.807, 2.05) is 0 Å². The molecule has 0 unspecified atom stereocenters. The molecule has 0 aliphatic carbocycles. The van der Waals surface area contributed by atoms with Crippen molar-refractivity contribution in [1.82, 2.24) is 4.98 Å². The van der Waals surface area contributed by atoms with Crippen molar-refractivity contribution in [3.8, 4) is 0 Å². The zero-order valence-corrected chi connectivity index (χ0v) is 11.0. The van der Waals surface area contributed by atoms with Crippen molar-refractivity contribution in [3.63, 3.8) is 0 Å². The molecule has 2 N–H and O–H groups in total. The van der Waals surface area contributed by atoms with Crippen LogP contribution in [0.2, 0.25) is 0 Å². The number of hydrogen-bond donors (Lipinski definition) is 2. The summed E-state index contributed by atoms with van der Waals surface area (Å²) in [6, 6.07) is 6.00. The number of nitrogens with one attached hydrogen (secondary N) is 2. The number of aromatic nitrogens is 1. The Bertz CT molecular complexity index is 688. The van der Waals surface area contributed by atoms with Gasteiger partial charge in [-0.1, -0.05) is 0 Å². The quantitative estimate of drug-likeness (QED) is 0.665. The van der Waals surface area contributed by atoms with Gasteiger partial charge in [0.2, 0.25) is 0 Å². The van der Waals surface area contributed by atoms with Gasteiger partial charge < -0.3 is 10.6 Å². The van der Waals surface area contributed by atoms with E-state index < -0.39 is 16.6 Å². The molecule has 1 aromatic heterocycles. The predicted octanol–water partition coefficient (Wildman–Crippen LogP) is 2.42. The van der Waals surface area contributed by atoms with Crippen molar-refractivity contribution >= 4 is 23.1 Å². The Balaban J connectivity index is 2.22. The first-order valence-electron chi connectivity index (χ1n) is 5.90. The zero-order chi connectivity index (χ0) is 15.4. The van der Waals surface area contributed by atoms with Gasteiger partial charge in [0.05, 0.1) is 16.2 Å². The van der Waals surface area contributed by atoms with Crippen LogP contribution in [-0.4, -0.2) is 22.9 Å². The fourth-order valence-corrected chi connectivity index (χ4v) is 1.59. The van der Waals surface area contributed by atoms with Gasteiger partial charge in [0.1, 0.15) is 11.6 Å². The number of nitro groups is 1. The predicted molar refractivity (Wildman–Crippen MR) is 74.8 cm³/mol. The SMILES string of the molecule is CNc1ccc(C(=O)Nc2cc([N+](=O)[O-])ccc2F)cn1. The second-order valence-corrected chi connectivity index (χ2v) is 4.06. The monoisotopic (exact) mass is 290 g/mol. The number of rotatable bonds is 4. The van der Waals surface area contributed by atoms with Crippen LogP contribution >= 0.6 is 0 Å². The number of anilines is 2. The van der Waals surface area contributed by atoms with E-state index in [0.717, 1.165) is 18.2 Å². The summed E-state index contributed by atoms with van der Waals surface area (Å²) in [4.78, 5) is 25.9. The summed E-state index contributed by atoms with van der Waals surface area (Å²) < 4.78 is 13.6. The number of nitro benzene ring substituents is 1. The van der Waals surface area contributed by atoms with E-state index in [2.05, 4.69) is 15.6 Å². The number of benzene rings is 1. The van der Waals surface area contributed by atoms with Gasteiger partial charge in [0.25, 0.3) is 11.6 Å². The lowest BCUT2D eigenvalue weighted by Gasteiger charge is -2.06. The Labute approximate surface area is 119 Å². The minimum atomic E-state index is -0.756. The van der Waals surface area contributed by atoms with Crippen LogP contribution in [0.5, 0.6) is 0 Å². The Kier molecular flexibility index (Phi) is 4.07. The number of hydrogen-bond acceptors (Lipinski definition) is 5. The van der Waals surface area contributed by atoms with Crippen LogP contribution in [0.3, 0.4) is 0 Å². The van der Waals surface area contributed by atoms with Crippen LogP contribution in [-0.2, 0) is 0 Å². The largest absolute Gasteiger partial charge is 0.373 e. The smallest absolute Gasteiger partial charge is 0.271 e. The summed E-state index contributed by atoms with van der Waals surface area (Å²) in [5.74, 6) is -0.786. The summed E-state index contributed by atoms with van der Waals surface area (Å²) in [7, 11) is 1.68. The first kappa shape index (κ1) is 14.4. The number of carbonyl (C=O) groups excluding carboxylic acids is 1. The number of non-ortho nitro benzene ring substituents is 1. The lowest BCUT2D eigenvalue weighted by molar-refractivity contribution is -0.384. The second-order valence-electron chi connectivity index (χ2n) is 4.06. The third-order valence-corrected chi connectivity index (χ3v) is 2.69. The number of nitrogens with zero attached hydrogens (tertiary/aromatic N) is 2. The average Bonchev–Trinajstić information content (AvgIpc) is 2.49. The average molecular weight is 290 g/mol. The maximum Gasteiger partial charge on any atom is 0.271 e. The van der Waals surface area contributed by atoms with E-state index in [9.17, 15) is 19.3 Å². The molecule has 1 amide bonds. The maximum atomic E-state index is 13.6. The van der Waals surface area contributed by atoms with Gasteiger partial charge in [-0.25, -0.2) is 9.37 Å². The molecule has 108 valence electrons. The Hall–Kier alpha value is -3.03. The second kappa shape index (κ2) is 5.95. The molecule has 2 aromatic rings. The molecule has 0 fully saturated rings. The fourth-order valence-electron chi connectivity index (χ4n) is 1.59. The van der Waals surface area contributed by atoms with E-state index in [-0.39, 0.29) is 16.9 Å². The van der Waals surface area contributed by atoms with Crippen LogP contribution in [0.4, 0.5) is 21.6 Å². The molecule has 0 spiro atoms. The van der Waals surface area contributed by atoms with Gasteiger partial charge in [0.15, 0.2) is 0 Å². The van der Waals surface area contributed by atoms with Crippen molar-refractivity contribution in [1.29, 1.82) is 0 Å². The van der Waals surface area contributed by atoms with Crippen LogP contribution < -0.4 is 10.6 Å². The third kappa shape index (κ3) is 3.30. The molecule has 0 saturated heterocycles. The van der Waals surface area contributed by atoms with Crippen molar-refractivity contribution in [2.75, 3.05) is 17.7 Å². The van der Waals surface area contributed by atoms with Crippen molar-refractivity contribution in [2.45, 2.75) is 0 Å². The van der Waals surface area contributed by atoms with Crippen LogP contribution in [0.15, 0.2) is 36.5 Å². The summed E-state index contributed by atoms with van der Waals surface area (Å²) in [6.07, 6.45) is 1.32. The van der Waals surface area contributed by atoms with Crippen molar-refractivity contribution < 1.29 is 14.1 Å². The lowest BCUT2D eigenvalue weighted by Crippen LogP contribution is -2.13. The molecule has 0 saturated carbocycles. The molecule has 0 bridgehead atoms. The van der Waals surface area contributed by atoms with Crippen molar-refractivity contribution in [2.24, 2.45) is 0 Å². The number of halogens is 1. The Morgan fingerprint density at radius 1 is 1.33 bits per heavy atom. The first-order chi connectivity index (χ1) is 10.0. The highest BCUT2D eigenvalue weighted by atomic mass is 19.1. The van der Waals surface area contributed by atoms with E-state index in [4.69, 9.17) is 0 Å². The van der Waals surface area contributed by atoms with Crippen LogP contribution in [0.25, 0.3) is 0 Å². The van der Waals surface area contributed by atoms with Gasteiger partial charge in [0, 0.05) is 25.4 Å². The van der Waals surface area contributed by atoms with Gasteiger partial charge in [-0.3, -0.25) is 14.9 Å². The highest BCUT2D eigenvalue weighted by Crippen LogP contribution is 2.21. The summed E-state index contributed by atoms with van der Waals surface area (Å²) in [6.45, 7) is 0. The Morgan fingerprint density at radius 2 is 2.10 bits per heavy atom. The molecule has 0 aliphatic heterocycles. The van der Waals surface area contributed by atoms with Gasteiger partial charge in [-0.05, 0) is 18.2 Å². The number of pyridine rings is 1. The normalized spacial score (nSPS) is 10.0. The lowest BCUT2D eigenvalue weighted by atomic mass is 10.2. The molecule has 2 rings (SSSR count). The molecule has 8 heteroatoms. The van der Waals surface area contributed by atoms with Crippen LogP contribution in [0, 0.1) is 15.9 Å². The molecule has 21 heavy (non-hydrogen) atoms. The third-order valence-electron chi connectivity index (χ3n) is 2.69. The minimum absolute atomic E-state index is 0.208. The molecular weight excluding hydrogens is 279 g/mol. The van der Waals surface area contributed by atoms with Gasteiger partial charge >= 0.3 is 0 Å². The summed E-state index contributed by atoms with van der Waals surface area (Å²) in [5.41, 5.74) is -0.359. The van der Waals surface area contributed by atoms with Crippen molar-refractivity contribution in [3.05, 3.63) is 58.0 Å². The summed E-state index contributed by atoms with van der Waals surface area (Å²) >= 11 is 0. The zero-order valence-electron chi connectivity index (χ0n) is 11.0. The molecule has 1 heterocycles. The maximum absolute atomic E-state index is 13.6. The van der Waals surface area contributed by atoms with Gasteiger partial charge in [-0.15, -0.1) is 0 Å². The molecular formula is C13H11FN4O3. The molecule has 0 radical (unpaired) electrons. The molecule has 1 aromatic carbocycles. The number of amides is 1. The first-order valence-corrected chi connectivity index (χ1v) is 5.90. The number of carbonyl (C=O) groups is 1. The Morgan fingerprint density at radius 3 is 2.67 bits per heavy atom. The van der Waals surface area contributed by atoms with E-state index in [0.29, 0.717) is 5.82 Å².